The van der Waals surface area contributed by atoms with E-state index in [0.717, 1.165) is 54.7 Å². The van der Waals surface area contributed by atoms with Crippen LogP contribution in [0.15, 0.2) is 6.07 Å². The van der Waals surface area contributed by atoms with Gasteiger partial charge in [-0.1, -0.05) is 27.7 Å². The molecule has 1 amide bonds. The number of nitrogens with zero attached hydrogens (tertiary/aromatic N) is 1. The number of β-amino-alcohol motifs (C(OH)–C–C–N with tert-alkyl or cyclic N) is 1. The van der Waals surface area contributed by atoms with Crippen molar-refractivity contribution in [2.24, 2.45) is 22.7 Å². The lowest BCUT2D eigenvalue weighted by atomic mass is 9.43. The summed E-state index contributed by atoms with van der Waals surface area (Å²) in [4.78, 5) is 14.7. The maximum atomic E-state index is 13.0. The van der Waals surface area contributed by atoms with Gasteiger partial charge in [-0.15, -0.1) is 0 Å². The molecule has 5 atom stereocenters. The first-order valence-corrected chi connectivity index (χ1v) is 12.1. The summed E-state index contributed by atoms with van der Waals surface area (Å²) >= 11 is 0. The molecule has 1 spiro atoms. The maximum Gasteiger partial charge on any atom is 0.254 e. The number of rotatable bonds is 3. The fraction of sp³-hybridized carbons (Fsp3) is 0.731. The monoisotopic (exact) mass is 443 g/mol. The molecule has 2 fully saturated rings. The van der Waals surface area contributed by atoms with Gasteiger partial charge in [-0.2, -0.15) is 0 Å². The first kappa shape index (κ1) is 22.0. The molecule has 0 bridgehead atoms. The number of methoxy groups -OCH3 is 1. The quantitative estimate of drug-likeness (QED) is 0.747. The van der Waals surface area contributed by atoms with Gasteiger partial charge in [-0.3, -0.25) is 4.79 Å². The van der Waals surface area contributed by atoms with Crippen LogP contribution in [0.3, 0.4) is 0 Å². The molecule has 0 radical (unpaired) electrons. The molecule has 5 rings (SSSR count). The van der Waals surface area contributed by atoms with E-state index in [0.29, 0.717) is 30.5 Å². The Morgan fingerprint density at radius 3 is 2.66 bits per heavy atom. The number of carbonyl (C=O) groups excluding carboxylic acids is 1. The van der Waals surface area contributed by atoms with E-state index in [1.54, 1.807) is 12.0 Å². The van der Waals surface area contributed by atoms with Crippen molar-refractivity contribution in [1.82, 2.24) is 4.90 Å². The molecule has 176 valence electrons. The van der Waals surface area contributed by atoms with Crippen LogP contribution in [0.5, 0.6) is 11.5 Å². The lowest BCUT2D eigenvalue weighted by molar-refractivity contribution is -0.210. The van der Waals surface area contributed by atoms with Crippen molar-refractivity contribution < 1.29 is 24.5 Å². The predicted octanol–water partition coefficient (Wildman–Crippen LogP) is 3.55. The third-order valence-corrected chi connectivity index (χ3v) is 9.74. The van der Waals surface area contributed by atoms with Crippen molar-refractivity contribution in [2.75, 3.05) is 20.3 Å². The molecule has 32 heavy (non-hydrogen) atoms. The lowest BCUT2D eigenvalue weighted by Crippen LogP contribution is -2.66. The number of ether oxygens (including phenoxy) is 2. The van der Waals surface area contributed by atoms with E-state index in [9.17, 15) is 15.0 Å². The zero-order chi connectivity index (χ0) is 23.1. The Morgan fingerprint density at radius 2 is 1.97 bits per heavy atom. The minimum Gasteiger partial charge on any atom is -0.496 e. The average molecular weight is 444 g/mol. The minimum atomic E-state index is -0.383. The van der Waals surface area contributed by atoms with Crippen molar-refractivity contribution in [3.05, 3.63) is 22.8 Å². The molecule has 6 nitrogen and oxygen atoms in total. The predicted molar refractivity (Wildman–Crippen MR) is 121 cm³/mol. The van der Waals surface area contributed by atoms with Crippen LogP contribution < -0.4 is 9.47 Å². The molecule has 2 aliphatic carbocycles. The van der Waals surface area contributed by atoms with E-state index in [2.05, 4.69) is 27.7 Å². The summed E-state index contributed by atoms with van der Waals surface area (Å²) < 4.78 is 12.9. The molecule has 4 aliphatic rings. The first-order chi connectivity index (χ1) is 15.1. The molecule has 6 heteroatoms. The number of aliphatic hydroxyl groups is 2. The third-order valence-electron chi connectivity index (χ3n) is 9.74. The van der Waals surface area contributed by atoms with Gasteiger partial charge in [0.25, 0.3) is 5.91 Å². The van der Waals surface area contributed by atoms with Gasteiger partial charge < -0.3 is 24.6 Å². The van der Waals surface area contributed by atoms with Crippen LogP contribution in [0.25, 0.3) is 0 Å². The van der Waals surface area contributed by atoms with Crippen molar-refractivity contribution in [1.29, 1.82) is 0 Å². The molecule has 2 saturated carbocycles. The lowest BCUT2D eigenvalue weighted by Gasteiger charge is -2.64. The average Bonchev–Trinajstić information content (AvgIpc) is 3.30. The second-order valence-electron chi connectivity index (χ2n) is 11.4. The molecule has 0 aromatic heterocycles. The molecular weight excluding hydrogens is 406 g/mol. The molecule has 0 unspecified atom stereocenters. The number of amides is 1. The number of hydrogen-bond donors (Lipinski definition) is 2. The van der Waals surface area contributed by atoms with Gasteiger partial charge >= 0.3 is 0 Å². The minimum absolute atomic E-state index is 0.0575. The van der Waals surface area contributed by atoms with E-state index >= 15 is 0 Å². The van der Waals surface area contributed by atoms with Gasteiger partial charge in [0.15, 0.2) is 0 Å². The number of carbonyl (C=O) groups is 1. The summed E-state index contributed by atoms with van der Waals surface area (Å²) in [6.45, 7) is 9.85. The number of aliphatic hydroxyl groups excluding tert-OH is 2. The number of hydrogen-bond acceptors (Lipinski definition) is 5. The van der Waals surface area contributed by atoms with Gasteiger partial charge in [-0.25, -0.2) is 0 Å². The van der Waals surface area contributed by atoms with Crippen LogP contribution in [-0.2, 0) is 13.0 Å². The molecule has 2 aliphatic heterocycles. The summed E-state index contributed by atoms with van der Waals surface area (Å²) in [5, 5.41) is 20.3. The second kappa shape index (κ2) is 7.10. The summed E-state index contributed by atoms with van der Waals surface area (Å²) in [6.07, 6.45) is 4.35. The third kappa shape index (κ3) is 2.62. The molecular formula is C26H37NO5. The van der Waals surface area contributed by atoms with Crippen LogP contribution in [0.2, 0.25) is 0 Å². The largest absolute Gasteiger partial charge is 0.496 e. The topological polar surface area (TPSA) is 79.2 Å². The summed E-state index contributed by atoms with van der Waals surface area (Å²) in [5.41, 5.74) is 2.00. The standard InChI is InChI=1S/C26H37NO5/c1-15-6-7-20-24(2,3)21(29)8-9-25(20,4)26(15)13-17-19(31-5)12-16-18(22(17)32-26)14-27(10-11-28)23(16)30/h12,15,20-21,28-29H,6-11,13-14H2,1-5H3/t15-,20-,21-,25+,26-/m1/s1. The molecule has 1 aromatic rings. The van der Waals surface area contributed by atoms with E-state index in [4.69, 9.17) is 9.47 Å². The van der Waals surface area contributed by atoms with Crippen molar-refractivity contribution in [2.45, 2.75) is 78.0 Å². The molecule has 0 saturated heterocycles. The van der Waals surface area contributed by atoms with E-state index < -0.39 is 0 Å². The van der Waals surface area contributed by atoms with Gasteiger partial charge in [0.05, 0.1) is 31.9 Å². The smallest absolute Gasteiger partial charge is 0.254 e. The van der Waals surface area contributed by atoms with Gasteiger partial charge in [0, 0.05) is 29.5 Å². The Kier molecular flexibility index (Phi) is 4.89. The summed E-state index contributed by atoms with van der Waals surface area (Å²) in [7, 11) is 1.66. The fourth-order valence-corrected chi connectivity index (χ4v) is 7.80. The Labute approximate surface area is 190 Å². The second-order valence-corrected chi connectivity index (χ2v) is 11.4. The number of benzene rings is 1. The van der Waals surface area contributed by atoms with E-state index in [-0.39, 0.29) is 35.0 Å². The maximum absolute atomic E-state index is 13.0. The van der Waals surface area contributed by atoms with Crippen LogP contribution in [0.4, 0.5) is 0 Å². The molecule has 1 aromatic carbocycles. The SMILES string of the molecule is COc1cc2c(c3c1C[C@@]1(O3)[C@H](C)CC[C@@H]3C(C)(C)[C@H](O)CC[C@@]31C)CN(CCO)C2=O. The zero-order valence-electron chi connectivity index (χ0n) is 20.0. The highest BCUT2D eigenvalue weighted by Crippen LogP contribution is 2.67. The fourth-order valence-electron chi connectivity index (χ4n) is 7.80. The number of fused-ring (bicyclic) bond motifs is 5. The van der Waals surface area contributed by atoms with Crippen molar-refractivity contribution >= 4 is 5.91 Å². The zero-order valence-corrected chi connectivity index (χ0v) is 20.0. The highest BCUT2D eigenvalue weighted by molar-refractivity contribution is 6.00. The highest BCUT2D eigenvalue weighted by atomic mass is 16.5. The molecule has 2 N–H and O–H groups in total. The van der Waals surface area contributed by atoms with Gasteiger partial charge in [-0.05, 0) is 49.0 Å². The Balaban J connectivity index is 1.63. The van der Waals surface area contributed by atoms with Crippen LogP contribution in [0.1, 0.15) is 74.9 Å². The normalized spacial score (nSPS) is 37.2. The van der Waals surface area contributed by atoms with Crippen molar-refractivity contribution in [3.8, 4) is 11.5 Å². The highest BCUT2D eigenvalue weighted by Gasteiger charge is 2.67. The van der Waals surface area contributed by atoms with E-state index in [1.165, 1.54) is 0 Å². The van der Waals surface area contributed by atoms with Crippen LogP contribution in [-0.4, -0.2) is 53.0 Å². The Bertz CT molecular complexity index is 958. The Hall–Kier alpha value is -1.79. The van der Waals surface area contributed by atoms with Crippen LogP contribution >= 0.6 is 0 Å². The van der Waals surface area contributed by atoms with Crippen molar-refractivity contribution in [3.63, 3.8) is 0 Å². The first-order valence-electron chi connectivity index (χ1n) is 12.1. The van der Waals surface area contributed by atoms with Gasteiger partial charge in [0.2, 0.25) is 0 Å². The van der Waals surface area contributed by atoms with Gasteiger partial charge in [0.1, 0.15) is 17.1 Å². The molecule has 2 heterocycles. The summed E-state index contributed by atoms with van der Waals surface area (Å²) in [5.74, 6) is 2.19. The Morgan fingerprint density at radius 1 is 1.22 bits per heavy atom. The summed E-state index contributed by atoms with van der Waals surface area (Å²) in [6, 6.07) is 1.87. The van der Waals surface area contributed by atoms with Crippen LogP contribution in [0, 0.1) is 22.7 Å². The van der Waals surface area contributed by atoms with E-state index in [1.807, 2.05) is 6.07 Å².